The van der Waals surface area contributed by atoms with Crippen molar-refractivity contribution in [3.63, 3.8) is 0 Å². The van der Waals surface area contributed by atoms with Crippen LogP contribution < -0.4 is 10.3 Å². The third kappa shape index (κ3) is 2.90. The highest BCUT2D eigenvalue weighted by atomic mass is 16.5. The standard InChI is InChI=1S/C18H19N3O2/c1-3-16-17(13-6-5-11-19-12-13)20-21(18(16)22)14-7-9-15(10-8-14)23-4-2/h5-12,20H,3-4H2,1-2H3. The molecule has 0 aliphatic rings. The molecule has 0 atom stereocenters. The van der Waals surface area contributed by atoms with E-state index in [9.17, 15) is 4.79 Å². The van der Waals surface area contributed by atoms with Crippen LogP contribution >= 0.6 is 0 Å². The molecule has 2 heterocycles. The van der Waals surface area contributed by atoms with Crippen molar-refractivity contribution in [2.75, 3.05) is 6.61 Å². The van der Waals surface area contributed by atoms with Gasteiger partial charge in [-0.1, -0.05) is 6.92 Å². The molecule has 0 amide bonds. The first-order valence-corrected chi connectivity index (χ1v) is 7.72. The van der Waals surface area contributed by atoms with Crippen molar-refractivity contribution in [3.05, 3.63) is 64.7 Å². The molecule has 0 aliphatic carbocycles. The molecule has 3 aromatic rings. The zero-order chi connectivity index (χ0) is 16.2. The monoisotopic (exact) mass is 309 g/mol. The van der Waals surface area contributed by atoms with Crippen LogP contribution in [-0.4, -0.2) is 21.4 Å². The first-order chi connectivity index (χ1) is 11.2. The van der Waals surface area contributed by atoms with Gasteiger partial charge in [-0.05, 0) is 49.7 Å². The average Bonchev–Trinajstić information content (AvgIpc) is 2.93. The molecule has 0 saturated heterocycles. The number of benzene rings is 1. The van der Waals surface area contributed by atoms with Crippen LogP contribution in [0.4, 0.5) is 0 Å². The number of aromatic amines is 1. The summed E-state index contributed by atoms with van der Waals surface area (Å²) in [5.74, 6) is 0.791. The summed E-state index contributed by atoms with van der Waals surface area (Å²) < 4.78 is 7.01. The summed E-state index contributed by atoms with van der Waals surface area (Å²) in [5, 5.41) is 3.21. The predicted octanol–water partition coefficient (Wildman–Crippen LogP) is 3.19. The molecule has 1 N–H and O–H groups in total. The summed E-state index contributed by atoms with van der Waals surface area (Å²) >= 11 is 0. The molecule has 0 bridgehead atoms. The molecule has 0 unspecified atom stereocenters. The normalized spacial score (nSPS) is 10.7. The van der Waals surface area contributed by atoms with Gasteiger partial charge in [0.25, 0.3) is 5.56 Å². The SMILES string of the molecule is CCOc1ccc(-n2[nH]c(-c3cccnc3)c(CC)c2=O)cc1. The van der Waals surface area contributed by atoms with Gasteiger partial charge in [0, 0.05) is 23.5 Å². The lowest BCUT2D eigenvalue weighted by Crippen LogP contribution is -2.16. The second kappa shape index (κ2) is 6.52. The molecular formula is C18H19N3O2. The van der Waals surface area contributed by atoms with Crippen molar-refractivity contribution in [2.24, 2.45) is 0 Å². The maximum atomic E-state index is 12.7. The van der Waals surface area contributed by atoms with Gasteiger partial charge in [0.05, 0.1) is 18.0 Å². The minimum absolute atomic E-state index is 0.0319. The summed E-state index contributed by atoms with van der Waals surface area (Å²) in [4.78, 5) is 16.8. The number of H-pyrrole nitrogens is 1. The van der Waals surface area contributed by atoms with Crippen LogP contribution in [-0.2, 0) is 6.42 Å². The number of hydrogen-bond acceptors (Lipinski definition) is 3. The Morgan fingerprint density at radius 1 is 1.17 bits per heavy atom. The number of pyridine rings is 1. The molecule has 23 heavy (non-hydrogen) atoms. The third-order valence-corrected chi connectivity index (χ3v) is 3.70. The van der Waals surface area contributed by atoms with Crippen molar-refractivity contribution < 1.29 is 4.74 Å². The van der Waals surface area contributed by atoms with E-state index in [0.29, 0.717) is 13.0 Å². The summed E-state index contributed by atoms with van der Waals surface area (Å²) in [6.45, 7) is 4.54. The van der Waals surface area contributed by atoms with Gasteiger partial charge in [-0.25, -0.2) is 4.68 Å². The largest absolute Gasteiger partial charge is 0.494 e. The predicted molar refractivity (Wildman–Crippen MR) is 90.2 cm³/mol. The van der Waals surface area contributed by atoms with Gasteiger partial charge in [0.1, 0.15) is 5.75 Å². The van der Waals surface area contributed by atoms with Crippen LogP contribution in [0.2, 0.25) is 0 Å². The molecule has 2 aromatic heterocycles. The second-order valence-corrected chi connectivity index (χ2v) is 5.13. The van der Waals surface area contributed by atoms with Gasteiger partial charge >= 0.3 is 0 Å². The van der Waals surface area contributed by atoms with Crippen molar-refractivity contribution in [1.82, 2.24) is 14.8 Å². The maximum Gasteiger partial charge on any atom is 0.275 e. The van der Waals surface area contributed by atoms with Gasteiger partial charge < -0.3 is 4.74 Å². The van der Waals surface area contributed by atoms with Crippen LogP contribution in [0.15, 0.2) is 53.6 Å². The van der Waals surface area contributed by atoms with Gasteiger partial charge in [0.15, 0.2) is 0 Å². The first-order valence-electron chi connectivity index (χ1n) is 7.72. The molecule has 1 aromatic carbocycles. The van der Waals surface area contributed by atoms with E-state index in [1.54, 1.807) is 17.1 Å². The Morgan fingerprint density at radius 3 is 2.57 bits per heavy atom. The smallest absolute Gasteiger partial charge is 0.275 e. The van der Waals surface area contributed by atoms with Crippen LogP contribution in [0.3, 0.4) is 0 Å². The topological polar surface area (TPSA) is 59.9 Å². The highest BCUT2D eigenvalue weighted by Crippen LogP contribution is 2.21. The number of ether oxygens (including phenoxy) is 1. The Morgan fingerprint density at radius 2 is 1.96 bits per heavy atom. The fraction of sp³-hybridized carbons (Fsp3) is 0.222. The van der Waals surface area contributed by atoms with Gasteiger partial charge in [-0.3, -0.25) is 14.9 Å². The van der Waals surface area contributed by atoms with E-state index in [2.05, 4.69) is 10.1 Å². The van der Waals surface area contributed by atoms with Crippen LogP contribution in [0.5, 0.6) is 5.75 Å². The van der Waals surface area contributed by atoms with Crippen molar-refractivity contribution >= 4 is 0 Å². The molecular weight excluding hydrogens is 290 g/mol. The molecule has 5 heteroatoms. The molecule has 5 nitrogen and oxygen atoms in total. The lowest BCUT2D eigenvalue weighted by molar-refractivity contribution is 0.340. The number of rotatable bonds is 5. The third-order valence-electron chi connectivity index (χ3n) is 3.70. The summed E-state index contributed by atoms with van der Waals surface area (Å²) in [7, 11) is 0. The fourth-order valence-electron chi connectivity index (χ4n) is 2.59. The fourth-order valence-corrected chi connectivity index (χ4v) is 2.59. The van der Waals surface area contributed by atoms with Crippen LogP contribution in [0.1, 0.15) is 19.4 Å². The lowest BCUT2D eigenvalue weighted by Gasteiger charge is -2.05. The lowest BCUT2D eigenvalue weighted by atomic mass is 10.1. The van der Waals surface area contributed by atoms with Gasteiger partial charge in [0.2, 0.25) is 0 Å². The molecule has 0 aliphatic heterocycles. The van der Waals surface area contributed by atoms with Crippen LogP contribution in [0, 0.1) is 0 Å². The summed E-state index contributed by atoms with van der Waals surface area (Å²) in [5.41, 5.74) is 3.23. The van der Waals surface area contributed by atoms with Crippen molar-refractivity contribution in [2.45, 2.75) is 20.3 Å². The van der Waals surface area contributed by atoms with Crippen LogP contribution in [0.25, 0.3) is 16.9 Å². The molecule has 0 spiro atoms. The van der Waals surface area contributed by atoms with E-state index in [1.165, 1.54) is 0 Å². The highest BCUT2D eigenvalue weighted by Gasteiger charge is 2.15. The van der Waals surface area contributed by atoms with E-state index < -0.39 is 0 Å². The number of hydrogen-bond donors (Lipinski definition) is 1. The molecule has 0 fully saturated rings. The first kappa shape index (κ1) is 15.1. The Balaban J connectivity index is 2.07. The van der Waals surface area contributed by atoms with E-state index >= 15 is 0 Å². The van der Waals surface area contributed by atoms with Crippen molar-refractivity contribution in [1.29, 1.82) is 0 Å². The summed E-state index contributed by atoms with van der Waals surface area (Å²) in [6.07, 6.45) is 4.13. The molecule has 0 saturated carbocycles. The number of nitrogens with zero attached hydrogens (tertiary/aromatic N) is 2. The zero-order valence-corrected chi connectivity index (χ0v) is 13.2. The van der Waals surface area contributed by atoms with Gasteiger partial charge in [-0.2, -0.15) is 0 Å². The minimum Gasteiger partial charge on any atom is -0.494 e. The van der Waals surface area contributed by atoms with E-state index in [1.807, 2.05) is 50.2 Å². The molecule has 3 rings (SSSR count). The Labute approximate surface area is 134 Å². The molecule has 0 radical (unpaired) electrons. The zero-order valence-electron chi connectivity index (χ0n) is 13.2. The average molecular weight is 309 g/mol. The maximum absolute atomic E-state index is 12.7. The van der Waals surface area contributed by atoms with Gasteiger partial charge in [-0.15, -0.1) is 0 Å². The second-order valence-electron chi connectivity index (χ2n) is 5.13. The van der Waals surface area contributed by atoms with E-state index in [4.69, 9.17) is 4.74 Å². The number of nitrogens with one attached hydrogen (secondary N) is 1. The molecule has 118 valence electrons. The van der Waals surface area contributed by atoms with E-state index in [-0.39, 0.29) is 5.56 Å². The Hall–Kier alpha value is -2.82. The quantitative estimate of drug-likeness (QED) is 0.787. The Bertz CT molecular complexity index is 833. The van der Waals surface area contributed by atoms with Crippen molar-refractivity contribution in [3.8, 4) is 22.7 Å². The summed E-state index contributed by atoms with van der Waals surface area (Å²) in [6, 6.07) is 11.3. The van der Waals surface area contributed by atoms with E-state index in [0.717, 1.165) is 28.3 Å². The number of aromatic nitrogens is 3. The Kier molecular flexibility index (Phi) is 4.28. The highest BCUT2D eigenvalue weighted by molar-refractivity contribution is 5.62. The minimum atomic E-state index is -0.0319.